The number of hydrogen-bond acceptors (Lipinski definition) is 3. The van der Waals surface area contributed by atoms with Crippen LogP contribution in [0.1, 0.15) is 40.5 Å². The van der Waals surface area contributed by atoms with Gasteiger partial charge < -0.3 is 10.6 Å². The zero-order chi connectivity index (χ0) is 15.3. The SMILES string of the molecule is CCC[C@H](NC(C)(C)C)C(=O)C(=O)NCC(F)(F)F. The van der Waals surface area contributed by atoms with Crippen molar-refractivity contribution in [3.8, 4) is 0 Å². The molecule has 7 heteroatoms. The highest BCUT2D eigenvalue weighted by Crippen LogP contribution is 2.12. The van der Waals surface area contributed by atoms with Crippen molar-refractivity contribution in [2.75, 3.05) is 6.54 Å². The second kappa shape index (κ2) is 6.88. The number of alkyl halides is 3. The van der Waals surface area contributed by atoms with E-state index in [1.807, 2.05) is 27.7 Å². The summed E-state index contributed by atoms with van der Waals surface area (Å²) in [6.07, 6.45) is -3.48. The first-order valence-corrected chi connectivity index (χ1v) is 6.13. The maximum atomic E-state index is 12.0. The molecule has 0 aromatic heterocycles. The maximum absolute atomic E-state index is 12.0. The second-order valence-corrected chi connectivity index (χ2v) is 5.40. The van der Waals surface area contributed by atoms with E-state index in [0.717, 1.165) is 0 Å². The Hall–Kier alpha value is -1.11. The normalized spacial score (nSPS) is 14.1. The molecule has 0 aliphatic rings. The van der Waals surface area contributed by atoms with E-state index in [9.17, 15) is 22.8 Å². The molecule has 2 N–H and O–H groups in total. The standard InChI is InChI=1S/C12H21F3N2O2/c1-5-6-8(17-11(2,3)4)9(18)10(19)16-7-12(13,14)15/h8,17H,5-7H2,1-4H3,(H,16,19)/t8-/m0/s1. The maximum Gasteiger partial charge on any atom is 0.405 e. The topological polar surface area (TPSA) is 58.2 Å². The van der Waals surface area contributed by atoms with E-state index in [1.54, 1.807) is 5.32 Å². The van der Waals surface area contributed by atoms with E-state index in [2.05, 4.69) is 5.32 Å². The lowest BCUT2D eigenvalue weighted by molar-refractivity contribution is -0.146. The highest BCUT2D eigenvalue weighted by molar-refractivity contribution is 6.38. The smallest absolute Gasteiger partial charge is 0.340 e. The fourth-order valence-electron chi connectivity index (χ4n) is 1.51. The molecule has 0 fully saturated rings. The van der Waals surface area contributed by atoms with Crippen LogP contribution in [0, 0.1) is 0 Å². The van der Waals surface area contributed by atoms with Gasteiger partial charge in [0, 0.05) is 5.54 Å². The van der Waals surface area contributed by atoms with Crippen molar-refractivity contribution in [2.45, 2.75) is 58.3 Å². The number of amides is 1. The van der Waals surface area contributed by atoms with E-state index in [1.165, 1.54) is 0 Å². The lowest BCUT2D eigenvalue weighted by atomic mass is 10.0. The molecule has 0 aliphatic carbocycles. The summed E-state index contributed by atoms with van der Waals surface area (Å²) in [6, 6.07) is -0.766. The number of hydrogen-bond donors (Lipinski definition) is 2. The summed E-state index contributed by atoms with van der Waals surface area (Å²) in [7, 11) is 0. The number of ketones is 1. The lowest BCUT2D eigenvalue weighted by Crippen LogP contribution is -2.52. The van der Waals surface area contributed by atoms with Gasteiger partial charge >= 0.3 is 6.18 Å². The summed E-state index contributed by atoms with van der Waals surface area (Å²) < 4.78 is 35.9. The molecule has 0 aromatic rings. The molecule has 0 aliphatic heterocycles. The first-order valence-electron chi connectivity index (χ1n) is 6.13. The molecule has 0 spiro atoms. The van der Waals surface area contributed by atoms with E-state index in [0.29, 0.717) is 12.8 Å². The number of nitrogens with one attached hydrogen (secondary N) is 2. The van der Waals surface area contributed by atoms with Crippen molar-refractivity contribution in [1.29, 1.82) is 0 Å². The Morgan fingerprint density at radius 1 is 1.16 bits per heavy atom. The highest BCUT2D eigenvalue weighted by Gasteiger charge is 2.32. The second-order valence-electron chi connectivity index (χ2n) is 5.40. The molecule has 0 saturated carbocycles. The molecule has 1 amide bonds. The van der Waals surface area contributed by atoms with Gasteiger partial charge in [0.1, 0.15) is 6.54 Å². The molecule has 0 radical (unpaired) electrons. The number of Topliss-reactive ketones (excluding diaryl/α,β-unsaturated/α-hetero) is 1. The van der Waals surface area contributed by atoms with Gasteiger partial charge in [-0.25, -0.2) is 0 Å². The molecule has 0 heterocycles. The van der Waals surface area contributed by atoms with Crippen LogP contribution in [0.2, 0.25) is 0 Å². The fourth-order valence-corrected chi connectivity index (χ4v) is 1.51. The zero-order valence-corrected chi connectivity index (χ0v) is 11.6. The van der Waals surface area contributed by atoms with E-state index >= 15 is 0 Å². The average Bonchev–Trinajstić information content (AvgIpc) is 2.21. The Labute approximate surface area is 111 Å². The van der Waals surface area contributed by atoms with Gasteiger partial charge in [-0.3, -0.25) is 9.59 Å². The van der Waals surface area contributed by atoms with E-state index in [4.69, 9.17) is 0 Å². The van der Waals surface area contributed by atoms with Crippen molar-refractivity contribution in [3.05, 3.63) is 0 Å². The van der Waals surface area contributed by atoms with Gasteiger partial charge in [-0.15, -0.1) is 0 Å². The summed E-state index contributed by atoms with van der Waals surface area (Å²) >= 11 is 0. The molecule has 0 rings (SSSR count). The molecular weight excluding hydrogens is 261 g/mol. The lowest BCUT2D eigenvalue weighted by Gasteiger charge is -2.27. The van der Waals surface area contributed by atoms with Crippen LogP contribution < -0.4 is 10.6 Å². The fraction of sp³-hybridized carbons (Fsp3) is 0.833. The average molecular weight is 282 g/mol. The summed E-state index contributed by atoms with van der Waals surface area (Å²) in [4.78, 5) is 23.2. The number of carbonyl (C=O) groups excluding carboxylic acids is 2. The zero-order valence-electron chi connectivity index (χ0n) is 11.6. The Bertz CT molecular complexity index is 322. The van der Waals surface area contributed by atoms with Crippen molar-refractivity contribution >= 4 is 11.7 Å². The Balaban J connectivity index is 4.58. The summed E-state index contributed by atoms with van der Waals surface area (Å²) in [6.45, 7) is 5.79. The van der Waals surface area contributed by atoms with Gasteiger partial charge in [0.05, 0.1) is 6.04 Å². The van der Waals surface area contributed by atoms with Gasteiger partial charge in [0.2, 0.25) is 5.78 Å². The number of halogens is 3. The van der Waals surface area contributed by atoms with Gasteiger partial charge in [-0.2, -0.15) is 13.2 Å². The Kier molecular flexibility index (Phi) is 6.48. The van der Waals surface area contributed by atoms with Gasteiger partial charge in [-0.1, -0.05) is 13.3 Å². The van der Waals surface area contributed by atoms with Crippen molar-refractivity contribution in [1.82, 2.24) is 10.6 Å². The van der Waals surface area contributed by atoms with Crippen LogP contribution in [-0.2, 0) is 9.59 Å². The first kappa shape index (κ1) is 17.9. The quantitative estimate of drug-likeness (QED) is 0.730. The minimum absolute atomic E-state index is 0.398. The molecular formula is C12H21F3N2O2. The van der Waals surface area contributed by atoms with Crippen molar-refractivity contribution in [3.63, 3.8) is 0 Å². The molecule has 0 saturated heterocycles. The first-order chi connectivity index (χ1) is 8.46. The predicted octanol–water partition coefficient (Wildman–Crippen LogP) is 1.79. The van der Waals surface area contributed by atoms with Crippen LogP contribution >= 0.6 is 0 Å². The van der Waals surface area contributed by atoms with Crippen LogP contribution in [-0.4, -0.2) is 36.0 Å². The third-order valence-corrected chi connectivity index (χ3v) is 2.17. The molecule has 0 bridgehead atoms. The largest absolute Gasteiger partial charge is 0.405 e. The third-order valence-electron chi connectivity index (χ3n) is 2.17. The Morgan fingerprint density at radius 2 is 1.68 bits per heavy atom. The molecule has 0 unspecified atom stereocenters. The minimum Gasteiger partial charge on any atom is -0.340 e. The third kappa shape index (κ3) is 8.58. The van der Waals surface area contributed by atoms with Crippen LogP contribution in [0.25, 0.3) is 0 Å². The van der Waals surface area contributed by atoms with Crippen LogP contribution in [0.3, 0.4) is 0 Å². The Morgan fingerprint density at radius 3 is 2.05 bits per heavy atom. The summed E-state index contributed by atoms with van der Waals surface area (Å²) in [5, 5.41) is 4.54. The van der Waals surface area contributed by atoms with Crippen LogP contribution in [0.15, 0.2) is 0 Å². The summed E-state index contributed by atoms with van der Waals surface area (Å²) in [5.74, 6) is -2.06. The molecule has 1 atom stereocenters. The van der Waals surface area contributed by atoms with Gasteiger partial charge in [0.25, 0.3) is 5.91 Å². The van der Waals surface area contributed by atoms with Gasteiger partial charge in [0.15, 0.2) is 0 Å². The van der Waals surface area contributed by atoms with Gasteiger partial charge in [-0.05, 0) is 27.2 Å². The number of carbonyl (C=O) groups is 2. The predicted molar refractivity (Wildman–Crippen MR) is 65.7 cm³/mol. The molecule has 4 nitrogen and oxygen atoms in total. The summed E-state index contributed by atoms with van der Waals surface area (Å²) in [5.41, 5.74) is -0.403. The molecule has 0 aromatic carbocycles. The van der Waals surface area contributed by atoms with Crippen molar-refractivity contribution < 1.29 is 22.8 Å². The monoisotopic (exact) mass is 282 g/mol. The molecule has 19 heavy (non-hydrogen) atoms. The van der Waals surface area contributed by atoms with Crippen molar-refractivity contribution in [2.24, 2.45) is 0 Å². The number of rotatable bonds is 6. The van der Waals surface area contributed by atoms with E-state index < -0.39 is 36.0 Å². The van der Waals surface area contributed by atoms with Crippen LogP contribution in [0.5, 0.6) is 0 Å². The highest BCUT2D eigenvalue weighted by atomic mass is 19.4. The molecule has 112 valence electrons. The minimum atomic E-state index is -4.52. The van der Waals surface area contributed by atoms with Crippen LogP contribution in [0.4, 0.5) is 13.2 Å². The van der Waals surface area contributed by atoms with E-state index in [-0.39, 0.29) is 0 Å².